The second kappa shape index (κ2) is 10.3. The quantitative estimate of drug-likeness (QED) is 0.514. The van der Waals surface area contributed by atoms with Gasteiger partial charge in [0.1, 0.15) is 27.7 Å². The predicted molar refractivity (Wildman–Crippen MR) is 133 cm³/mol. The van der Waals surface area contributed by atoms with E-state index in [1.54, 1.807) is 45.0 Å². The fraction of sp³-hybridized carbons (Fsp3) is 0.538. The van der Waals surface area contributed by atoms with Crippen LogP contribution >= 0.6 is 0 Å². The van der Waals surface area contributed by atoms with Crippen molar-refractivity contribution in [3.05, 3.63) is 46.9 Å². The molecule has 0 unspecified atom stereocenters. The van der Waals surface area contributed by atoms with Crippen LogP contribution in [0, 0.1) is 19.3 Å². The van der Waals surface area contributed by atoms with Gasteiger partial charge in [0.15, 0.2) is 0 Å². The minimum Gasteiger partial charge on any atom is -0.494 e. The molecular formula is C26H34N2O7S. The van der Waals surface area contributed by atoms with Crippen molar-refractivity contribution in [2.75, 3.05) is 39.4 Å². The number of hydrogen-bond acceptors (Lipinski definition) is 7. The number of carbonyl (C=O) groups excluding carboxylic acids is 2. The molecule has 0 atom stereocenters. The second-order valence-corrected chi connectivity index (χ2v) is 11.4. The van der Waals surface area contributed by atoms with E-state index in [0.717, 1.165) is 18.6 Å². The molecule has 0 radical (unpaired) electrons. The van der Waals surface area contributed by atoms with Gasteiger partial charge in [-0.05, 0) is 76.6 Å². The highest BCUT2D eigenvalue weighted by Gasteiger charge is 2.47. The second-order valence-electron chi connectivity index (χ2n) is 9.48. The van der Waals surface area contributed by atoms with Crippen LogP contribution in [-0.2, 0) is 14.8 Å². The fourth-order valence-electron chi connectivity index (χ4n) is 5.28. The zero-order valence-corrected chi connectivity index (χ0v) is 22.2. The topological polar surface area (TPSA) is 106 Å². The number of benzene rings is 1. The Morgan fingerprint density at radius 3 is 2.22 bits per heavy atom. The van der Waals surface area contributed by atoms with Gasteiger partial charge < -0.3 is 18.8 Å². The first-order valence-corrected chi connectivity index (χ1v) is 13.9. The van der Waals surface area contributed by atoms with Gasteiger partial charge in [-0.2, -0.15) is 4.31 Å². The number of likely N-dealkylation sites (tertiary alicyclic amines) is 1. The number of rotatable bonds is 7. The lowest BCUT2D eigenvalue weighted by atomic mass is 9.78. The van der Waals surface area contributed by atoms with E-state index >= 15 is 0 Å². The van der Waals surface area contributed by atoms with E-state index in [9.17, 15) is 18.0 Å². The Balaban J connectivity index is 1.45. The number of aryl methyl sites for hydroxylation is 2. The Morgan fingerprint density at radius 2 is 1.61 bits per heavy atom. The average Bonchev–Trinajstić information content (AvgIpc) is 3.41. The van der Waals surface area contributed by atoms with Crippen LogP contribution in [0.1, 0.15) is 65.3 Å². The van der Waals surface area contributed by atoms with Gasteiger partial charge in [0.05, 0.1) is 13.2 Å². The van der Waals surface area contributed by atoms with Gasteiger partial charge >= 0.3 is 5.97 Å². The first-order chi connectivity index (χ1) is 17.1. The number of carbonyl (C=O) groups is 2. The molecule has 2 saturated heterocycles. The molecule has 0 bridgehead atoms. The molecular weight excluding hydrogens is 484 g/mol. The number of furan rings is 1. The summed E-state index contributed by atoms with van der Waals surface area (Å²) in [5.74, 6) is 0.430. The molecule has 1 aromatic heterocycles. The summed E-state index contributed by atoms with van der Waals surface area (Å²) in [6.45, 7) is 9.27. The number of esters is 1. The van der Waals surface area contributed by atoms with Crippen LogP contribution in [0.4, 0.5) is 0 Å². The molecule has 10 heteroatoms. The van der Waals surface area contributed by atoms with E-state index in [4.69, 9.17) is 13.9 Å². The molecule has 2 aliphatic rings. The molecule has 1 spiro atoms. The van der Waals surface area contributed by atoms with Crippen molar-refractivity contribution in [3.8, 4) is 5.75 Å². The Bertz CT molecular complexity index is 1230. The van der Waals surface area contributed by atoms with Gasteiger partial charge in [-0.3, -0.25) is 4.79 Å². The predicted octanol–water partition coefficient (Wildman–Crippen LogP) is 3.79. The van der Waals surface area contributed by atoms with Gasteiger partial charge in [0.2, 0.25) is 10.0 Å². The number of amides is 1. The third-order valence-corrected chi connectivity index (χ3v) is 9.21. The first-order valence-electron chi connectivity index (χ1n) is 12.4. The molecule has 2 fully saturated rings. The summed E-state index contributed by atoms with van der Waals surface area (Å²) >= 11 is 0. The van der Waals surface area contributed by atoms with Crippen molar-refractivity contribution in [2.45, 2.75) is 51.9 Å². The Kier molecular flexibility index (Phi) is 7.47. The van der Waals surface area contributed by atoms with Gasteiger partial charge in [-0.15, -0.1) is 0 Å². The number of piperidine rings is 1. The molecule has 3 heterocycles. The van der Waals surface area contributed by atoms with Crippen LogP contribution in [0.3, 0.4) is 0 Å². The highest BCUT2D eigenvalue weighted by Crippen LogP contribution is 2.43. The van der Waals surface area contributed by atoms with Gasteiger partial charge in [-0.1, -0.05) is 0 Å². The molecule has 0 saturated carbocycles. The number of ether oxygens (including phenoxy) is 2. The largest absolute Gasteiger partial charge is 0.494 e. The van der Waals surface area contributed by atoms with Crippen molar-refractivity contribution in [1.29, 1.82) is 0 Å². The van der Waals surface area contributed by atoms with Gasteiger partial charge in [0.25, 0.3) is 5.91 Å². The summed E-state index contributed by atoms with van der Waals surface area (Å²) in [7, 11) is -3.95. The van der Waals surface area contributed by atoms with Crippen molar-refractivity contribution in [1.82, 2.24) is 9.21 Å². The molecule has 2 aromatic rings. The maximum absolute atomic E-state index is 13.6. The van der Waals surface area contributed by atoms with Crippen LogP contribution < -0.4 is 4.74 Å². The smallest absolute Gasteiger partial charge is 0.343 e. The van der Waals surface area contributed by atoms with Crippen molar-refractivity contribution >= 4 is 21.9 Å². The third-order valence-electron chi connectivity index (χ3n) is 7.21. The molecule has 9 nitrogen and oxygen atoms in total. The Labute approximate surface area is 212 Å². The Hall–Kier alpha value is -2.85. The maximum atomic E-state index is 13.6. The lowest BCUT2D eigenvalue weighted by Crippen LogP contribution is -2.44. The summed E-state index contributed by atoms with van der Waals surface area (Å²) in [5, 5.41) is 0. The fourth-order valence-corrected chi connectivity index (χ4v) is 7.20. The SMILES string of the molecule is CCOC(=O)c1c(C)oc(C)c1S(=O)(=O)N1CCC2(CCN(C(=O)c3ccc(OCC)cc3)CC2)C1. The van der Waals surface area contributed by atoms with Crippen LogP contribution in [0.2, 0.25) is 0 Å². The molecule has 1 aromatic carbocycles. The van der Waals surface area contributed by atoms with Crippen molar-refractivity contribution < 1.29 is 31.9 Å². The third kappa shape index (κ3) is 4.88. The van der Waals surface area contributed by atoms with Crippen LogP contribution in [-0.4, -0.2) is 68.9 Å². The minimum atomic E-state index is -3.95. The summed E-state index contributed by atoms with van der Waals surface area (Å²) in [6, 6.07) is 7.15. The summed E-state index contributed by atoms with van der Waals surface area (Å²) in [5.41, 5.74) is 0.396. The van der Waals surface area contributed by atoms with Crippen molar-refractivity contribution in [2.24, 2.45) is 5.41 Å². The first kappa shape index (κ1) is 26.2. The molecule has 0 aliphatic carbocycles. The maximum Gasteiger partial charge on any atom is 0.343 e. The van der Waals surface area contributed by atoms with E-state index in [1.165, 1.54) is 4.31 Å². The molecule has 1 amide bonds. The molecule has 36 heavy (non-hydrogen) atoms. The van der Waals surface area contributed by atoms with Gasteiger partial charge in [-0.25, -0.2) is 13.2 Å². The van der Waals surface area contributed by atoms with E-state index in [0.29, 0.717) is 44.8 Å². The highest BCUT2D eigenvalue weighted by molar-refractivity contribution is 7.89. The molecule has 2 aliphatic heterocycles. The highest BCUT2D eigenvalue weighted by atomic mass is 32.2. The lowest BCUT2D eigenvalue weighted by molar-refractivity contribution is 0.0519. The molecule has 196 valence electrons. The van der Waals surface area contributed by atoms with Gasteiger partial charge in [0, 0.05) is 31.7 Å². The summed E-state index contributed by atoms with van der Waals surface area (Å²) in [4.78, 5) is 27.3. The monoisotopic (exact) mass is 518 g/mol. The zero-order valence-electron chi connectivity index (χ0n) is 21.3. The number of nitrogens with zero attached hydrogens (tertiary/aromatic N) is 2. The zero-order chi connectivity index (χ0) is 26.1. The minimum absolute atomic E-state index is 0.0222. The molecule has 4 rings (SSSR count). The summed E-state index contributed by atoms with van der Waals surface area (Å²) in [6.07, 6.45) is 2.15. The Morgan fingerprint density at radius 1 is 0.972 bits per heavy atom. The average molecular weight is 519 g/mol. The van der Waals surface area contributed by atoms with Crippen LogP contribution in [0.5, 0.6) is 5.75 Å². The van der Waals surface area contributed by atoms with E-state index in [1.807, 2.05) is 11.8 Å². The van der Waals surface area contributed by atoms with Crippen molar-refractivity contribution in [3.63, 3.8) is 0 Å². The van der Waals surface area contributed by atoms with E-state index in [-0.39, 0.29) is 39.9 Å². The van der Waals surface area contributed by atoms with Crippen LogP contribution in [0.25, 0.3) is 0 Å². The normalized spacial score (nSPS) is 17.9. The standard InChI is InChI=1S/C26H34N2O7S/c1-5-33-21-9-7-20(8-10-21)24(29)27-14-11-26(12-15-27)13-16-28(17-26)36(31,32)23-19(4)35-18(3)22(23)25(30)34-6-2/h7-10H,5-6,11-17H2,1-4H3. The lowest BCUT2D eigenvalue weighted by Gasteiger charge is -2.39. The van der Waals surface area contributed by atoms with E-state index in [2.05, 4.69) is 0 Å². The summed E-state index contributed by atoms with van der Waals surface area (Å²) < 4.78 is 44.8. The van der Waals surface area contributed by atoms with Crippen LogP contribution in [0.15, 0.2) is 33.6 Å². The molecule has 0 N–H and O–H groups in total. The van der Waals surface area contributed by atoms with E-state index < -0.39 is 16.0 Å². The number of hydrogen-bond donors (Lipinski definition) is 0. The number of sulfonamides is 1.